The van der Waals surface area contributed by atoms with Crippen LogP contribution in [0.2, 0.25) is 0 Å². The molecule has 4 heteroatoms. The van der Waals surface area contributed by atoms with Gasteiger partial charge in [0.2, 0.25) is 6.79 Å². The number of benzene rings is 1. The second-order valence-electron chi connectivity index (χ2n) is 5.52. The van der Waals surface area contributed by atoms with E-state index in [1.54, 1.807) is 0 Å². The first-order chi connectivity index (χ1) is 8.56. The normalized spacial score (nSPS) is 29.3. The summed E-state index contributed by atoms with van der Waals surface area (Å²) in [4.78, 5) is 0. The van der Waals surface area contributed by atoms with Gasteiger partial charge in [0.05, 0.1) is 12.7 Å². The molecule has 0 N–H and O–H groups in total. The Morgan fingerprint density at radius 1 is 1.17 bits per heavy atom. The molecule has 0 amide bonds. The van der Waals surface area contributed by atoms with Crippen molar-refractivity contribution in [3.8, 4) is 11.5 Å². The average molecular weight is 250 g/mol. The van der Waals surface area contributed by atoms with Crippen molar-refractivity contribution in [2.75, 3.05) is 13.4 Å². The summed E-state index contributed by atoms with van der Waals surface area (Å²) in [7, 11) is 0. The summed E-state index contributed by atoms with van der Waals surface area (Å²) in [5.74, 6) is 1.54. The summed E-state index contributed by atoms with van der Waals surface area (Å²) in [6.07, 6.45) is -0.163. The Morgan fingerprint density at radius 3 is 2.72 bits per heavy atom. The second-order valence-corrected chi connectivity index (χ2v) is 5.52. The van der Waals surface area contributed by atoms with Crippen molar-refractivity contribution in [2.24, 2.45) is 5.41 Å². The van der Waals surface area contributed by atoms with Gasteiger partial charge in [-0.3, -0.25) is 0 Å². The van der Waals surface area contributed by atoms with E-state index in [0.717, 1.165) is 17.1 Å². The third-order valence-corrected chi connectivity index (χ3v) is 3.70. The molecule has 1 aromatic carbocycles. The fourth-order valence-electron chi connectivity index (χ4n) is 2.05. The van der Waals surface area contributed by atoms with Crippen LogP contribution in [0.4, 0.5) is 0 Å². The molecule has 2 heterocycles. The Labute approximate surface area is 107 Å². The van der Waals surface area contributed by atoms with Crippen LogP contribution >= 0.6 is 0 Å². The van der Waals surface area contributed by atoms with Crippen LogP contribution in [0.3, 0.4) is 0 Å². The van der Waals surface area contributed by atoms with Crippen LogP contribution in [-0.4, -0.2) is 19.5 Å². The average Bonchev–Trinajstić information content (AvgIpc) is 2.79. The first kappa shape index (κ1) is 11.8. The minimum atomic E-state index is -0.317. The quantitative estimate of drug-likeness (QED) is 0.768. The molecule has 98 valence electrons. The zero-order valence-electron chi connectivity index (χ0n) is 10.9. The number of hydrogen-bond donors (Lipinski definition) is 0. The lowest BCUT2D eigenvalue weighted by molar-refractivity contribution is -0.259. The third-order valence-electron chi connectivity index (χ3n) is 3.70. The van der Waals surface area contributed by atoms with Gasteiger partial charge in [0, 0.05) is 11.0 Å². The van der Waals surface area contributed by atoms with Crippen LogP contribution in [0.15, 0.2) is 18.2 Å². The molecule has 0 aromatic heterocycles. The first-order valence-electron chi connectivity index (χ1n) is 6.23. The van der Waals surface area contributed by atoms with Gasteiger partial charge in [0.25, 0.3) is 0 Å². The summed E-state index contributed by atoms with van der Waals surface area (Å²) in [5, 5.41) is 0. The molecule has 4 nitrogen and oxygen atoms in total. The highest BCUT2D eigenvalue weighted by Gasteiger charge is 2.36. The molecule has 1 fully saturated rings. The van der Waals surface area contributed by atoms with Gasteiger partial charge >= 0.3 is 0 Å². The monoisotopic (exact) mass is 250 g/mol. The van der Waals surface area contributed by atoms with E-state index >= 15 is 0 Å². The van der Waals surface area contributed by atoms with Gasteiger partial charge in [0.15, 0.2) is 17.8 Å². The van der Waals surface area contributed by atoms with E-state index in [9.17, 15) is 0 Å². The second kappa shape index (κ2) is 4.14. The number of ether oxygens (including phenoxy) is 4. The smallest absolute Gasteiger partial charge is 0.231 e. The van der Waals surface area contributed by atoms with Gasteiger partial charge in [0.1, 0.15) is 0 Å². The van der Waals surface area contributed by atoms with Crippen LogP contribution in [-0.2, 0) is 9.47 Å². The van der Waals surface area contributed by atoms with Gasteiger partial charge in [-0.05, 0) is 25.1 Å². The molecule has 0 aliphatic carbocycles. The highest BCUT2D eigenvalue weighted by atomic mass is 16.7. The number of hydrogen-bond acceptors (Lipinski definition) is 4. The van der Waals surface area contributed by atoms with Crippen LogP contribution in [0, 0.1) is 5.41 Å². The lowest BCUT2D eigenvalue weighted by atomic mass is 9.87. The molecule has 2 atom stereocenters. The van der Waals surface area contributed by atoms with E-state index in [1.807, 2.05) is 18.2 Å². The fourth-order valence-corrected chi connectivity index (χ4v) is 2.05. The molecule has 0 saturated carbocycles. The minimum absolute atomic E-state index is 0.0485. The maximum atomic E-state index is 5.93. The Hall–Kier alpha value is -1.26. The topological polar surface area (TPSA) is 36.9 Å². The van der Waals surface area contributed by atoms with Crippen LogP contribution in [0.5, 0.6) is 11.5 Å². The zero-order valence-corrected chi connectivity index (χ0v) is 10.9. The van der Waals surface area contributed by atoms with Crippen molar-refractivity contribution in [3.05, 3.63) is 23.8 Å². The van der Waals surface area contributed by atoms with E-state index in [2.05, 4.69) is 20.8 Å². The lowest BCUT2D eigenvalue weighted by Gasteiger charge is -2.40. The van der Waals surface area contributed by atoms with Crippen molar-refractivity contribution < 1.29 is 18.9 Å². The van der Waals surface area contributed by atoms with Crippen molar-refractivity contribution >= 4 is 0 Å². The largest absolute Gasteiger partial charge is 0.454 e. The third kappa shape index (κ3) is 1.95. The lowest BCUT2D eigenvalue weighted by Crippen LogP contribution is -2.40. The molecule has 1 aromatic rings. The predicted octanol–water partition coefficient (Wildman–Crippen LogP) is 2.88. The van der Waals surface area contributed by atoms with E-state index in [1.165, 1.54) is 0 Å². The molecule has 1 saturated heterocycles. The standard InChI is InChI=1S/C14H18O4/c1-9-14(2,3)7-15-13(18-9)10-4-5-11-12(6-10)17-8-16-11/h4-6,9,13H,7-8H2,1-3H3. The Bertz CT molecular complexity index is 455. The van der Waals surface area contributed by atoms with Crippen LogP contribution in [0.1, 0.15) is 32.6 Å². The molecular weight excluding hydrogens is 232 g/mol. The van der Waals surface area contributed by atoms with Crippen molar-refractivity contribution in [2.45, 2.75) is 33.2 Å². The van der Waals surface area contributed by atoms with Gasteiger partial charge in [-0.15, -0.1) is 0 Å². The summed E-state index contributed by atoms with van der Waals surface area (Å²) >= 11 is 0. The number of rotatable bonds is 1. The molecule has 18 heavy (non-hydrogen) atoms. The molecule has 2 aliphatic rings. The van der Waals surface area contributed by atoms with Crippen molar-refractivity contribution in [1.29, 1.82) is 0 Å². The molecule has 3 rings (SSSR count). The van der Waals surface area contributed by atoms with Crippen LogP contribution in [0.25, 0.3) is 0 Å². The maximum Gasteiger partial charge on any atom is 0.231 e. The maximum absolute atomic E-state index is 5.93. The Kier molecular flexibility index (Phi) is 2.72. The molecule has 2 aliphatic heterocycles. The molecule has 2 unspecified atom stereocenters. The van der Waals surface area contributed by atoms with Crippen LogP contribution < -0.4 is 9.47 Å². The van der Waals surface area contributed by atoms with Gasteiger partial charge in [-0.2, -0.15) is 0 Å². The first-order valence-corrected chi connectivity index (χ1v) is 6.23. The Balaban J connectivity index is 1.80. The van der Waals surface area contributed by atoms with E-state index in [4.69, 9.17) is 18.9 Å². The van der Waals surface area contributed by atoms with Crippen molar-refractivity contribution in [3.63, 3.8) is 0 Å². The highest BCUT2D eigenvalue weighted by Crippen LogP contribution is 2.39. The molecule has 0 radical (unpaired) electrons. The summed E-state index contributed by atoms with van der Waals surface area (Å²) in [6, 6.07) is 5.79. The number of fused-ring (bicyclic) bond motifs is 1. The molecular formula is C14H18O4. The van der Waals surface area contributed by atoms with Gasteiger partial charge < -0.3 is 18.9 Å². The van der Waals surface area contributed by atoms with E-state index in [0.29, 0.717) is 6.61 Å². The highest BCUT2D eigenvalue weighted by molar-refractivity contribution is 5.44. The molecule has 0 spiro atoms. The van der Waals surface area contributed by atoms with Gasteiger partial charge in [-0.25, -0.2) is 0 Å². The van der Waals surface area contributed by atoms with Crippen molar-refractivity contribution in [1.82, 2.24) is 0 Å². The minimum Gasteiger partial charge on any atom is -0.454 e. The summed E-state index contributed by atoms with van der Waals surface area (Å²) < 4.78 is 22.4. The Morgan fingerprint density at radius 2 is 1.94 bits per heavy atom. The SMILES string of the molecule is CC1OC(c2ccc3c(c2)OCO3)OCC1(C)C. The van der Waals surface area contributed by atoms with E-state index < -0.39 is 0 Å². The van der Waals surface area contributed by atoms with E-state index in [-0.39, 0.29) is 24.6 Å². The summed E-state index contributed by atoms with van der Waals surface area (Å²) in [6.45, 7) is 7.35. The summed E-state index contributed by atoms with van der Waals surface area (Å²) in [5.41, 5.74) is 1.02. The fraction of sp³-hybridized carbons (Fsp3) is 0.571. The van der Waals surface area contributed by atoms with Gasteiger partial charge in [-0.1, -0.05) is 13.8 Å². The zero-order chi connectivity index (χ0) is 12.8. The molecule has 0 bridgehead atoms. The predicted molar refractivity (Wildman–Crippen MR) is 65.6 cm³/mol.